The van der Waals surface area contributed by atoms with Crippen molar-refractivity contribution in [2.45, 2.75) is 12.2 Å². The lowest BCUT2D eigenvalue weighted by atomic mass is 9.97. The van der Waals surface area contributed by atoms with Crippen LogP contribution in [0.4, 0.5) is 18.0 Å². The fourth-order valence-corrected chi connectivity index (χ4v) is 2.68. The van der Waals surface area contributed by atoms with E-state index >= 15 is 0 Å². The zero-order valence-corrected chi connectivity index (χ0v) is 14.7. The van der Waals surface area contributed by atoms with Crippen LogP contribution < -0.4 is 10.6 Å². The quantitative estimate of drug-likeness (QED) is 0.811. The maximum absolute atomic E-state index is 12.1. The molecule has 0 aliphatic heterocycles. The van der Waals surface area contributed by atoms with Gasteiger partial charge in [0.15, 0.2) is 0 Å². The number of nitrogens with zero attached hydrogens (tertiary/aromatic N) is 1. The number of nitrogens with one attached hydrogen (secondary N) is 2. The smallest absolute Gasteiger partial charge is 0.329 e. The first kappa shape index (κ1) is 20.4. The lowest BCUT2D eigenvalue weighted by molar-refractivity contribution is -0.125. The van der Waals surface area contributed by atoms with Gasteiger partial charge in [-0.15, -0.1) is 0 Å². The van der Waals surface area contributed by atoms with Crippen LogP contribution in [-0.2, 0) is 4.79 Å². The molecule has 0 saturated carbocycles. The van der Waals surface area contributed by atoms with Crippen molar-refractivity contribution in [1.29, 1.82) is 0 Å². The van der Waals surface area contributed by atoms with E-state index in [2.05, 4.69) is 0 Å². The molecule has 2 N–H and O–H groups in total. The van der Waals surface area contributed by atoms with Gasteiger partial charge in [0.1, 0.15) is 6.54 Å². The minimum Gasteiger partial charge on any atom is -0.329 e. The summed E-state index contributed by atoms with van der Waals surface area (Å²) in [6.07, 6.45) is -4.54. The molecule has 0 heterocycles. The SMILES string of the molecule is CN(CC(=O)NC(=O)NCC(F)(F)F)C(c1ccccc1)c1ccccc1. The number of rotatable bonds is 6. The van der Waals surface area contributed by atoms with E-state index in [-0.39, 0.29) is 12.6 Å². The number of halogens is 3. The topological polar surface area (TPSA) is 61.4 Å². The number of amides is 3. The van der Waals surface area contributed by atoms with Crippen molar-refractivity contribution < 1.29 is 22.8 Å². The summed E-state index contributed by atoms with van der Waals surface area (Å²) >= 11 is 0. The molecule has 0 saturated heterocycles. The highest BCUT2D eigenvalue weighted by Crippen LogP contribution is 2.27. The second kappa shape index (κ2) is 9.18. The van der Waals surface area contributed by atoms with Crippen LogP contribution in [0, 0.1) is 0 Å². The lowest BCUT2D eigenvalue weighted by Gasteiger charge is -2.28. The van der Waals surface area contributed by atoms with Crippen LogP contribution in [0.3, 0.4) is 0 Å². The second-order valence-corrected chi connectivity index (χ2v) is 5.99. The molecular formula is C19H20F3N3O2. The maximum atomic E-state index is 12.1. The molecule has 2 aromatic rings. The van der Waals surface area contributed by atoms with Crippen LogP contribution in [0.15, 0.2) is 60.7 Å². The molecule has 0 aliphatic rings. The summed E-state index contributed by atoms with van der Waals surface area (Å²) in [5.41, 5.74) is 1.89. The third kappa shape index (κ3) is 6.74. The van der Waals surface area contributed by atoms with Crippen LogP contribution in [0.5, 0.6) is 0 Å². The molecule has 0 aliphatic carbocycles. The Morgan fingerprint density at radius 3 is 1.89 bits per heavy atom. The van der Waals surface area contributed by atoms with E-state index in [0.717, 1.165) is 11.1 Å². The van der Waals surface area contributed by atoms with Crippen molar-refractivity contribution in [3.05, 3.63) is 71.8 Å². The zero-order valence-electron chi connectivity index (χ0n) is 14.7. The Bertz CT molecular complexity index is 712. The van der Waals surface area contributed by atoms with Gasteiger partial charge in [-0.05, 0) is 18.2 Å². The predicted octanol–water partition coefficient (Wildman–Crippen LogP) is 3.10. The van der Waals surface area contributed by atoms with Crippen molar-refractivity contribution in [2.24, 2.45) is 0 Å². The number of likely N-dealkylation sites (N-methyl/N-ethyl adjacent to an activating group) is 1. The average Bonchev–Trinajstić information content (AvgIpc) is 2.61. The van der Waals surface area contributed by atoms with E-state index in [1.54, 1.807) is 17.3 Å². The van der Waals surface area contributed by atoms with Crippen molar-refractivity contribution in [3.8, 4) is 0 Å². The highest BCUT2D eigenvalue weighted by atomic mass is 19.4. The number of carbonyl (C=O) groups is 2. The second-order valence-electron chi connectivity index (χ2n) is 5.99. The predicted molar refractivity (Wildman–Crippen MR) is 95.0 cm³/mol. The summed E-state index contributed by atoms with van der Waals surface area (Å²) in [5, 5.41) is 3.52. The molecule has 0 spiro atoms. The van der Waals surface area contributed by atoms with E-state index in [4.69, 9.17) is 0 Å². The van der Waals surface area contributed by atoms with Gasteiger partial charge in [-0.3, -0.25) is 15.0 Å². The summed E-state index contributed by atoms with van der Waals surface area (Å²) in [4.78, 5) is 25.2. The number of urea groups is 1. The van der Waals surface area contributed by atoms with E-state index in [1.165, 1.54) is 0 Å². The molecule has 0 bridgehead atoms. The van der Waals surface area contributed by atoms with Crippen LogP contribution in [0.2, 0.25) is 0 Å². The summed E-state index contributed by atoms with van der Waals surface area (Å²) in [6.45, 7) is -1.67. The molecule has 2 rings (SSSR count). The van der Waals surface area contributed by atoms with E-state index in [1.807, 2.05) is 66.0 Å². The van der Waals surface area contributed by atoms with Crippen LogP contribution in [0.25, 0.3) is 0 Å². The molecule has 144 valence electrons. The number of hydrogen-bond acceptors (Lipinski definition) is 3. The number of carbonyl (C=O) groups excluding carboxylic acids is 2. The molecule has 8 heteroatoms. The van der Waals surface area contributed by atoms with Crippen molar-refractivity contribution in [3.63, 3.8) is 0 Å². The first-order valence-electron chi connectivity index (χ1n) is 8.21. The summed E-state index contributed by atoms with van der Waals surface area (Å²) in [6, 6.07) is 17.5. The number of hydrogen-bond donors (Lipinski definition) is 2. The number of imide groups is 1. The Morgan fingerprint density at radius 1 is 0.963 bits per heavy atom. The van der Waals surface area contributed by atoms with E-state index < -0.39 is 24.7 Å². The molecule has 5 nitrogen and oxygen atoms in total. The van der Waals surface area contributed by atoms with Gasteiger partial charge in [0, 0.05) is 0 Å². The fourth-order valence-electron chi connectivity index (χ4n) is 2.68. The Kier molecular flexibility index (Phi) is 6.95. The number of benzene rings is 2. The fraction of sp³-hybridized carbons (Fsp3) is 0.263. The minimum atomic E-state index is -4.54. The molecule has 0 radical (unpaired) electrons. The van der Waals surface area contributed by atoms with Gasteiger partial charge < -0.3 is 5.32 Å². The minimum absolute atomic E-state index is 0.173. The Morgan fingerprint density at radius 2 is 1.44 bits per heavy atom. The Hall–Kier alpha value is -2.87. The van der Waals surface area contributed by atoms with Crippen molar-refractivity contribution in [2.75, 3.05) is 20.1 Å². The monoisotopic (exact) mass is 379 g/mol. The standard InChI is InChI=1S/C19H20F3N3O2/c1-25(12-16(26)24-18(27)23-13-19(20,21)22)17(14-8-4-2-5-9-14)15-10-6-3-7-11-15/h2-11,17H,12-13H2,1H3,(H2,23,24,26,27). The first-order chi connectivity index (χ1) is 12.8. The summed E-state index contributed by atoms with van der Waals surface area (Å²) in [7, 11) is 1.71. The van der Waals surface area contributed by atoms with Gasteiger partial charge in [0.2, 0.25) is 5.91 Å². The third-order valence-electron chi connectivity index (χ3n) is 3.77. The molecule has 0 unspecified atom stereocenters. The van der Waals surface area contributed by atoms with Crippen LogP contribution >= 0.6 is 0 Å². The largest absolute Gasteiger partial charge is 0.405 e. The summed E-state index contributed by atoms with van der Waals surface area (Å²) < 4.78 is 36.3. The zero-order chi connectivity index (χ0) is 19.9. The molecule has 0 fully saturated rings. The maximum Gasteiger partial charge on any atom is 0.405 e. The van der Waals surface area contributed by atoms with Gasteiger partial charge in [-0.1, -0.05) is 60.7 Å². The van der Waals surface area contributed by atoms with Gasteiger partial charge >= 0.3 is 12.2 Å². The molecule has 3 amide bonds. The van der Waals surface area contributed by atoms with Crippen LogP contribution in [-0.4, -0.2) is 43.2 Å². The van der Waals surface area contributed by atoms with Gasteiger partial charge in [-0.2, -0.15) is 13.2 Å². The highest BCUT2D eigenvalue weighted by molar-refractivity contribution is 5.95. The van der Waals surface area contributed by atoms with Crippen molar-refractivity contribution in [1.82, 2.24) is 15.5 Å². The Balaban J connectivity index is 2.05. The highest BCUT2D eigenvalue weighted by Gasteiger charge is 2.28. The van der Waals surface area contributed by atoms with Crippen molar-refractivity contribution >= 4 is 11.9 Å². The molecular weight excluding hydrogens is 359 g/mol. The molecule has 27 heavy (non-hydrogen) atoms. The third-order valence-corrected chi connectivity index (χ3v) is 3.77. The molecule has 0 atom stereocenters. The molecule has 0 aromatic heterocycles. The average molecular weight is 379 g/mol. The first-order valence-corrected chi connectivity index (χ1v) is 8.21. The normalized spacial score (nSPS) is 11.5. The van der Waals surface area contributed by atoms with Gasteiger partial charge in [-0.25, -0.2) is 4.79 Å². The van der Waals surface area contributed by atoms with Gasteiger partial charge in [0.25, 0.3) is 0 Å². The van der Waals surface area contributed by atoms with Gasteiger partial charge in [0.05, 0.1) is 12.6 Å². The summed E-state index contributed by atoms with van der Waals surface area (Å²) in [5.74, 6) is -0.700. The van der Waals surface area contributed by atoms with Crippen LogP contribution in [0.1, 0.15) is 17.2 Å². The molecule has 2 aromatic carbocycles. The lowest BCUT2D eigenvalue weighted by Crippen LogP contribution is -2.46. The Labute approximate surface area is 155 Å². The van der Waals surface area contributed by atoms with E-state index in [0.29, 0.717) is 0 Å². The number of alkyl halides is 3. The van der Waals surface area contributed by atoms with E-state index in [9.17, 15) is 22.8 Å².